The van der Waals surface area contributed by atoms with E-state index < -0.39 is 12.0 Å². The van der Waals surface area contributed by atoms with Crippen LogP contribution < -0.4 is 20.5 Å². The van der Waals surface area contributed by atoms with Gasteiger partial charge in [-0.1, -0.05) is 50.2 Å². The Hall–Kier alpha value is -4.33. The summed E-state index contributed by atoms with van der Waals surface area (Å²) in [6.07, 6.45) is 0.158. The van der Waals surface area contributed by atoms with E-state index in [-0.39, 0.29) is 12.6 Å². The van der Waals surface area contributed by atoms with Crippen molar-refractivity contribution in [2.75, 3.05) is 13.2 Å². The van der Waals surface area contributed by atoms with E-state index in [0.29, 0.717) is 23.6 Å². The lowest BCUT2D eigenvalue weighted by molar-refractivity contribution is 0.1000. The lowest BCUT2D eigenvalue weighted by Gasteiger charge is -2.18. The molecule has 5 aromatic rings. The molecular weight excluding hydrogens is 502 g/mol. The van der Waals surface area contributed by atoms with Crippen LogP contribution in [0.4, 0.5) is 0 Å². The molecule has 2 unspecified atom stereocenters. The molecule has 0 aliphatic carbocycles. The number of aromatic nitrogens is 1. The van der Waals surface area contributed by atoms with Crippen LogP contribution in [0.25, 0.3) is 21.8 Å². The van der Waals surface area contributed by atoms with E-state index in [4.69, 9.17) is 15.2 Å². The zero-order valence-corrected chi connectivity index (χ0v) is 23.2. The van der Waals surface area contributed by atoms with Crippen molar-refractivity contribution in [3.05, 3.63) is 102 Å². The van der Waals surface area contributed by atoms with Gasteiger partial charge in [0.05, 0.1) is 5.52 Å². The van der Waals surface area contributed by atoms with Crippen molar-refractivity contribution in [1.82, 2.24) is 10.3 Å². The molecule has 40 heavy (non-hydrogen) atoms. The third-order valence-electron chi connectivity index (χ3n) is 6.46. The van der Waals surface area contributed by atoms with Crippen molar-refractivity contribution >= 4 is 27.7 Å². The van der Waals surface area contributed by atoms with Crippen molar-refractivity contribution < 1.29 is 19.4 Å². The number of carbonyl (C=O) groups is 1. The summed E-state index contributed by atoms with van der Waals surface area (Å²) in [5.41, 5.74) is 8.95. The second-order valence-electron chi connectivity index (χ2n) is 9.46. The molecule has 7 heteroatoms. The van der Waals surface area contributed by atoms with E-state index >= 15 is 0 Å². The molecule has 0 saturated heterocycles. The fourth-order valence-corrected chi connectivity index (χ4v) is 4.51. The molecule has 7 nitrogen and oxygen atoms in total. The largest absolute Gasteiger partial charge is 0.490 e. The molecule has 0 aliphatic heterocycles. The smallest absolute Gasteiger partial charge is 0.248 e. The number of rotatable bonds is 11. The zero-order chi connectivity index (χ0) is 28.5. The Morgan fingerprint density at radius 2 is 1.55 bits per heavy atom. The number of benzene rings is 4. The second kappa shape index (κ2) is 13.6. The number of hydrogen-bond donors (Lipinski definition) is 4. The van der Waals surface area contributed by atoms with Crippen LogP contribution in [-0.2, 0) is 6.42 Å². The molecule has 1 heterocycles. The molecular formula is C33H37N3O4. The molecule has 4 aromatic carbocycles. The van der Waals surface area contributed by atoms with Gasteiger partial charge in [0.25, 0.3) is 0 Å². The first-order valence-electron chi connectivity index (χ1n) is 13.7. The monoisotopic (exact) mass is 539 g/mol. The van der Waals surface area contributed by atoms with Crippen LogP contribution in [0.5, 0.6) is 17.2 Å². The van der Waals surface area contributed by atoms with Gasteiger partial charge in [0, 0.05) is 34.4 Å². The SMILES string of the molecule is CC.CC(Cc1ccc(Oc2ccc(C(N)=O)cc2)cc1)NCC(O)COc1cccc2[nH]c3ccccc3c12. The minimum Gasteiger partial charge on any atom is -0.490 e. The summed E-state index contributed by atoms with van der Waals surface area (Å²) < 4.78 is 11.9. The summed E-state index contributed by atoms with van der Waals surface area (Å²) in [7, 11) is 0. The number of aromatic amines is 1. The summed E-state index contributed by atoms with van der Waals surface area (Å²) in [5.74, 6) is 1.64. The van der Waals surface area contributed by atoms with Gasteiger partial charge in [0.1, 0.15) is 30.0 Å². The normalized spacial score (nSPS) is 12.4. The minimum atomic E-state index is -0.644. The highest BCUT2D eigenvalue weighted by Crippen LogP contribution is 2.33. The Morgan fingerprint density at radius 3 is 2.25 bits per heavy atom. The number of ether oxygens (including phenoxy) is 2. The summed E-state index contributed by atoms with van der Waals surface area (Å²) in [4.78, 5) is 14.6. The first-order valence-corrected chi connectivity index (χ1v) is 13.7. The highest BCUT2D eigenvalue weighted by atomic mass is 16.5. The number of para-hydroxylation sites is 1. The van der Waals surface area contributed by atoms with Crippen molar-refractivity contribution in [2.24, 2.45) is 5.73 Å². The molecule has 0 fully saturated rings. The molecule has 1 aromatic heterocycles. The Labute approximate surface area is 234 Å². The van der Waals surface area contributed by atoms with Crippen molar-refractivity contribution in [1.29, 1.82) is 0 Å². The lowest BCUT2D eigenvalue weighted by atomic mass is 10.1. The van der Waals surface area contributed by atoms with Gasteiger partial charge in [-0.2, -0.15) is 0 Å². The molecule has 5 N–H and O–H groups in total. The number of aliphatic hydroxyl groups is 1. The zero-order valence-electron chi connectivity index (χ0n) is 23.2. The third kappa shape index (κ3) is 7.20. The standard InChI is InChI=1S/C31H31N3O4.C2H6/c1-20(17-21-9-13-24(14-10-21)38-25-15-11-22(12-16-25)31(32)36)33-18-23(35)19-37-29-8-4-7-28-30(29)26-5-2-3-6-27(26)34-28;1-2/h2-16,20,23,33-35H,17-19H2,1H3,(H2,32,36);1-2H3. The van der Waals surface area contributed by atoms with E-state index in [0.717, 1.165) is 39.5 Å². The van der Waals surface area contributed by atoms with Crippen LogP contribution in [0, 0.1) is 0 Å². The van der Waals surface area contributed by atoms with Crippen LogP contribution in [-0.4, -0.2) is 41.3 Å². The fraction of sp³-hybridized carbons (Fsp3) is 0.242. The Bertz CT molecular complexity index is 1530. The van der Waals surface area contributed by atoms with Crippen LogP contribution in [0.3, 0.4) is 0 Å². The molecule has 208 valence electrons. The number of primary amides is 1. The van der Waals surface area contributed by atoms with Gasteiger partial charge in [0.15, 0.2) is 0 Å². The van der Waals surface area contributed by atoms with Gasteiger partial charge in [-0.15, -0.1) is 0 Å². The first-order chi connectivity index (χ1) is 19.5. The number of fused-ring (bicyclic) bond motifs is 3. The predicted octanol–water partition coefficient (Wildman–Crippen LogP) is 6.20. The van der Waals surface area contributed by atoms with Gasteiger partial charge in [-0.05, 0) is 73.5 Å². The molecule has 2 atom stereocenters. The molecule has 0 bridgehead atoms. The molecule has 0 saturated carbocycles. The van der Waals surface area contributed by atoms with Crippen LogP contribution >= 0.6 is 0 Å². The lowest BCUT2D eigenvalue weighted by Crippen LogP contribution is -2.37. The van der Waals surface area contributed by atoms with E-state index in [1.54, 1.807) is 24.3 Å². The summed E-state index contributed by atoms with van der Waals surface area (Å²) in [5, 5.41) is 16.1. The van der Waals surface area contributed by atoms with Crippen LogP contribution in [0.15, 0.2) is 91.0 Å². The van der Waals surface area contributed by atoms with Crippen LogP contribution in [0.2, 0.25) is 0 Å². The number of amides is 1. The van der Waals surface area contributed by atoms with Gasteiger partial charge < -0.3 is 30.6 Å². The first kappa shape index (κ1) is 28.7. The maximum atomic E-state index is 11.2. The van der Waals surface area contributed by atoms with Gasteiger partial charge in [0.2, 0.25) is 5.91 Å². The maximum Gasteiger partial charge on any atom is 0.248 e. The van der Waals surface area contributed by atoms with E-state index in [9.17, 15) is 9.90 Å². The molecule has 0 spiro atoms. The Morgan fingerprint density at radius 1 is 0.900 bits per heavy atom. The number of aliphatic hydroxyl groups excluding tert-OH is 1. The summed E-state index contributed by atoms with van der Waals surface area (Å²) in [6, 6.07) is 28.8. The van der Waals surface area contributed by atoms with E-state index in [2.05, 4.69) is 23.3 Å². The Kier molecular flexibility index (Phi) is 9.78. The Balaban J connectivity index is 0.00000181. The number of nitrogens with two attached hydrogens (primary N) is 1. The predicted molar refractivity (Wildman–Crippen MR) is 161 cm³/mol. The average Bonchev–Trinajstić information content (AvgIpc) is 3.37. The molecule has 0 radical (unpaired) electrons. The topological polar surface area (TPSA) is 110 Å². The molecule has 1 amide bonds. The maximum absolute atomic E-state index is 11.2. The van der Waals surface area contributed by atoms with E-state index in [1.165, 1.54) is 0 Å². The minimum absolute atomic E-state index is 0.162. The quantitative estimate of drug-likeness (QED) is 0.160. The van der Waals surface area contributed by atoms with Crippen molar-refractivity contribution in [2.45, 2.75) is 39.3 Å². The van der Waals surface area contributed by atoms with Crippen LogP contribution in [0.1, 0.15) is 36.7 Å². The fourth-order valence-electron chi connectivity index (χ4n) is 4.51. The number of carbonyl (C=O) groups excluding carboxylic acids is 1. The average molecular weight is 540 g/mol. The number of hydrogen-bond acceptors (Lipinski definition) is 5. The van der Waals surface area contributed by atoms with Gasteiger partial charge in [-0.25, -0.2) is 0 Å². The van der Waals surface area contributed by atoms with Crippen molar-refractivity contribution in [3.8, 4) is 17.2 Å². The summed E-state index contributed by atoms with van der Waals surface area (Å²) in [6.45, 7) is 6.71. The molecule has 0 aliphatic rings. The number of nitrogens with one attached hydrogen (secondary N) is 2. The summed E-state index contributed by atoms with van der Waals surface area (Å²) >= 11 is 0. The van der Waals surface area contributed by atoms with E-state index in [1.807, 2.05) is 74.5 Å². The highest BCUT2D eigenvalue weighted by molar-refractivity contribution is 6.10. The van der Waals surface area contributed by atoms with Crippen molar-refractivity contribution in [3.63, 3.8) is 0 Å². The van der Waals surface area contributed by atoms with Gasteiger partial charge in [-0.3, -0.25) is 4.79 Å². The third-order valence-corrected chi connectivity index (χ3v) is 6.46. The molecule has 5 rings (SSSR count). The number of H-pyrrole nitrogens is 1. The highest BCUT2D eigenvalue weighted by Gasteiger charge is 2.13. The van der Waals surface area contributed by atoms with Gasteiger partial charge >= 0.3 is 0 Å². The second-order valence-corrected chi connectivity index (χ2v) is 9.46.